The number of benzene rings is 1. The zero-order valence-corrected chi connectivity index (χ0v) is 13.9. The standard InChI is InChI=1S/C16H20BrNO3/c1-16(2,20)13-10-18(9-8-14(13)17)15(19)21-11-12-6-4-3-5-7-12/h3-7,20H,8-11H2,1-2H3. The number of carbonyl (C=O) groups is 1. The maximum absolute atomic E-state index is 12.1. The molecule has 0 unspecified atom stereocenters. The Labute approximate surface area is 133 Å². The van der Waals surface area contributed by atoms with Crippen LogP contribution in [0, 0.1) is 0 Å². The van der Waals surface area contributed by atoms with Crippen molar-refractivity contribution in [2.75, 3.05) is 13.1 Å². The maximum atomic E-state index is 12.1. The third kappa shape index (κ3) is 4.32. The molecule has 114 valence electrons. The molecule has 0 aliphatic carbocycles. The number of rotatable bonds is 3. The number of halogens is 1. The molecule has 1 aromatic rings. The van der Waals surface area contributed by atoms with E-state index in [0.29, 0.717) is 19.5 Å². The molecular weight excluding hydrogens is 334 g/mol. The van der Waals surface area contributed by atoms with E-state index in [1.807, 2.05) is 30.3 Å². The van der Waals surface area contributed by atoms with Crippen LogP contribution in [0.2, 0.25) is 0 Å². The first kappa shape index (κ1) is 16.0. The Bertz CT molecular complexity index is 534. The van der Waals surface area contributed by atoms with Gasteiger partial charge in [-0.15, -0.1) is 0 Å². The molecule has 1 N–H and O–H groups in total. The molecule has 0 bridgehead atoms. The second kappa shape index (κ2) is 6.62. The van der Waals surface area contributed by atoms with Crippen molar-refractivity contribution in [2.24, 2.45) is 0 Å². The van der Waals surface area contributed by atoms with E-state index in [1.165, 1.54) is 0 Å². The van der Waals surface area contributed by atoms with Crippen LogP contribution >= 0.6 is 15.9 Å². The van der Waals surface area contributed by atoms with Gasteiger partial charge < -0.3 is 14.7 Å². The van der Waals surface area contributed by atoms with Gasteiger partial charge in [0.05, 0.1) is 5.60 Å². The first-order valence-corrected chi connectivity index (χ1v) is 7.73. The van der Waals surface area contributed by atoms with Gasteiger partial charge in [-0.25, -0.2) is 4.79 Å². The summed E-state index contributed by atoms with van der Waals surface area (Å²) < 4.78 is 6.31. The highest BCUT2D eigenvalue weighted by molar-refractivity contribution is 9.11. The second-order valence-electron chi connectivity index (χ2n) is 5.65. The number of nitrogens with zero attached hydrogens (tertiary/aromatic N) is 1. The van der Waals surface area contributed by atoms with Crippen molar-refractivity contribution in [3.8, 4) is 0 Å². The van der Waals surface area contributed by atoms with E-state index in [4.69, 9.17) is 4.74 Å². The van der Waals surface area contributed by atoms with Gasteiger partial charge in [-0.05, 0) is 31.4 Å². The number of carbonyl (C=O) groups excluding carboxylic acids is 1. The van der Waals surface area contributed by atoms with E-state index in [1.54, 1.807) is 18.7 Å². The minimum absolute atomic E-state index is 0.263. The van der Waals surface area contributed by atoms with Gasteiger partial charge in [-0.1, -0.05) is 46.3 Å². The molecule has 4 nitrogen and oxygen atoms in total. The molecule has 0 spiro atoms. The van der Waals surface area contributed by atoms with Crippen LogP contribution in [0.1, 0.15) is 25.8 Å². The highest BCUT2D eigenvalue weighted by Crippen LogP contribution is 2.30. The number of hydrogen-bond acceptors (Lipinski definition) is 3. The largest absolute Gasteiger partial charge is 0.445 e. The Morgan fingerprint density at radius 2 is 2.05 bits per heavy atom. The molecule has 1 heterocycles. The molecule has 1 aliphatic heterocycles. The van der Waals surface area contributed by atoms with Crippen molar-refractivity contribution in [3.63, 3.8) is 0 Å². The molecule has 0 radical (unpaired) electrons. The predicted octanol–water partition coefficient (Wildman–Crippen LogP) is 3.45. The van der Waals surface area contributed by atoms with Crippen molar-refractivity contribution in [3.05, 3.63) is 46.0 Å². The second-order valence-corrected chi connectivity index (χ2v) is 6.61. The Hall–Kier alpha value is -1.33. The number of amides is 1. The quantitative estimate of drug-likeness (QED) is 0.905. The van der Waals surface area contributed by atoms with Crippen LogP contribution in [0.25, 0.3) is 0 Å². The zero-order chi connectivity index (χ0) is 15.5. The molecule has 0 saturated carbocycles. The van der Waals surface area contributed by atoms with Crippen LogP contribution in [0.4, 0.5) is 4.79 Å². The molecule has 0 aromatic heterocycles. The maximum Gasteiger partial charge on any atom is 0.410 e. The van der Waals surface area contributed by atoms with E-state index < -0.39 is 5.60 Å². The van der Waals surface area contributed by atoms with Gasteiger partial charge in [0.15, 0.2) is 0 Å². The zero-order valence-electron chi connectivity index (χ0n) is 12.3. The Morgan fingerprint density at radius 1 is 1.38 bits per heavy atom. The summed E-state index contributed by atoms with van der Waals surface area (Å²) in [5, 5.41) is 10.2. The predicted molar refractivity (Wildman–Crippen MR) is 85.1 cm³/mol. The van der Waals surface area contributed by atoms with Crippen molar-refractivity contribution >= 4 is 22.0 Å². The lowest BCUT2D eigenvalue weighted by molar-refractivity contribution is 0.0813. The smallest absolute Gasteiger partial charge is 0.410 e. The van der Waals surface area contributed by atoms with Gasteiger partial charge in [-0.3, -0.25) is 0 Å². The molecule has 1 amide bonds. The Balaban J connectivity index is 1.95. The lowest BCUT2D eigenvalue weighted by atomic mass is 9.94. The van der Waals surface area contributed by atoms with Crippen LogP contribution in [0.5, 0.6) is 0 Å². The molecule has 0 fully saturated rings. The van der Waals surface area contributed by atoms with Crippen LogP contribution in [0.3, 0.4) is 0 Å². The van der Waals surface area contributed by atoms with Crippen molar-refractivity contribution in [1.82, 2.24) is 4.90 Å². The van der Waals surface area contributed by atoms with Gasteiger partial charge in [0.25, 0.3) is 0 Å². The first-order valence-electron chi connectivity index (χ1n) is 6.94. The number of hydrogen-bond donors (Lipinski definition) is 1. The lowest BCUT2D eigenvalue weighted by Crippen LogP contribution is -2.41. The number of ether oxygens (including phenoxy) is 1. The normalized spacial score (nSPS) is 16.1. The van der Waals surface area contributed by atoms with E-state index in [0.717, 1.165) is 15.6 Å². The molecule has 2 rings (SSSR count). The van der Waals surface area contributed by atoms with Crippen LogP contribution < -0.4 is 0 Å². The lowest BCUT2D eigenvalue weighted by Gasteiger charge is -2.33. The van der Waals surface area contributed by atoms with Gasteiger partial charge in [-0.2, -0.15) is 0 Å². The minimum atomic E-state index is -0.947. The minimum Gasteiger partial charge on any atom is -0.445 e. The summed E-state index contributed by atoms with van der Waals surface area (Å²) in [6.07, 6.45) is 0.348. The van der Waals surface area contributed by atoms with E-state index >= 15 is 0 Å². The van der Waals surface area contributed by atoms with E-state index in [9.17, 15) is 9.90 Å². The summed E-state index contributed by atoms with van der Waals surface area (Å²) in [5.41, 5.74) is 0.838. The van der Waals surface area contributed by atoms with Gasteiger partial charge in [0, 0.05) is 17.6 Å². The van der Waals surface area contributed by atoms with Crippen LogP contribution in [-0.2, 0) is 11.3 Å². The third-order valence-electron chi connectivity index (χ3n) is 3.48. The van der Waals surface area contributed by atoms with E-state index in [-0.39, 0.29) is 12.7 Å². The highest BCUT2D eigenvalue weighted by Gasteiger charge is 2.30. The highest BCUT2D eigenvalue weighted by atomic mass is 79.9. The van der Waals surface area contributed by atoms with Crippen molar-refractivity contribution in [2.45, 2.75) is 32.5 Å². The van der Waals surface area contributed by atoms with E-state index in [2.05, 4.69) is 15.9 Å². The summed E-state index contributed by atoms with van der Waals surface area (Å²) in [4.78, 5) is 13.8. The van der Waals surface area contributed by atoms with Gasteiger partial charge in [0.1, 0.15) is 6.61 Å². The molecule has 0 atom stereocenters. The van der Waals surface area contributed by atoms with Gasteiger partial charge in [0.2, 0.25) is 0 Å². The summed E-state index contributed by atoms with van der Waals surface area (Å²) in [6, 6.07) is 9.59. The average molecular weight is 354 g/mol. The molecule has 1 aromatic carbocycles. The Morgan fingerprint density at radius 3 is 2.67 bits per heavy atom. The summed E-state index contributed by atoms with van der Waals surface area (Å²) in [5.74, 6) is 0. The summed E-state index contributed by atoms with van der Waals surface area (Å²) in [7, 11) is 0. The van der Waals surface area contributed by atoms with Crippen LogP contribution in [-0.4, -0.2) is 34.8 Å². The fourth-order valence-electron chi connectivity index (χ4n) is 2.23. The fraction of sp³-hybridized carbons (Fsp3) is 0.438. The summed E-state index contributed by atoms with van der Waals surface area (Å²) in [6.45, 7) is 4.69. The topological polar surface area (TPSA) is 49.8 Å². The van der Waals surface area contributed by atoms with Crippen molar-refractivity contribution in [1.29, 1.82) is 0 Å². The molecule has 0 saturated heterocycles. The number of aliphatic hydroxyl groups is 1. The average Bonchev–Trinajstić information content (AvgIpc) is 2.45. The van der Waals surface area contributed by atoms with Crippen molar-refractivity contribution < 1.29 is 14.6 Å². The molecule has 1 aliphatic rings. The van der Waals surface area contributed by atoms with Gasteiger partial charge >= 0.3 is 6.09 Å². The monoisotopic (exact) mass is 353 g/mol. The van der Waals surface area contributed by atoms with Crippen LogP contribution in [0.15, 0.2) is 40.4 Å². The third-order valence-corrected chi connectivity index (χ3v) is 4.35. The SMILES string of the molecule is CC(C)(O)C1=C(Br)CCN(C(=O)OCc2ccccc2)C1. The molecule has 5 heteroatoms. The molecular formula is C16H20BrNO3. The Kier molecular flexibility index (Phi) is 5.06. The first-order chi connectivity index (χ1) is 9.88. The molecule has 21 heavy (non-hydrogen) atoms. The fourth-order valence-corrected chi connectivity index (χ4v) is 3.02. The summed E-state index contributed by atoms with van der Waals surface area (Å²) >= 11 is 3.48.